The molecule has 4 aromatic rings. The molecule has 0 bridgehead atoms. The van der Waals surface area contributed by atoms with Crippen LogP contribution in [0, 0.1) is 0 Å². The summed E-state index contributed by atoms with van der Waals surface area (Å²) in [7, 11) is -2.37. The minimum absolute atomic E-state index is 0.00506. The number of carbonyl (C=O) groups excluding carboxylic acids is 1. The van der Waals surface area contributed by atoms with Gasteiger partial charge in [-0.05, 0) is 36.8 Å². The standard InChI is InChI=1S/C22H22N6O4S/c1-27(17-8-3-2-4-9-17)33(30,31)18-10-5-7-16(13-18)22(29)32-12-6-11-28-15-26-19-20(23)24-14-25-21(19)28/h2-5,7-10,13-15H,6,11-12H2,1H3,(H2,23,24,25). The van der Waals surface area contributed by atoms with E-state index in [4.69, 9.17) is 10.5 Å². The van der Waals surface area contributed by atoms with Crippen LogP contribution in [0.25, 0.3) is 11.2 Å². The quantitative estimate of drug-likeness (QED) is 0.309. The summed E-state index contributed by atoms with van der Waals surface area (Å²) in [6, 6.07) is 14.5. The molecule has 0 fully saturated rings. The van der Waals surface area contributed by atoms with Crippen LogP contribution < -0.4 is 10.0 Å². The normalized spacial score (nSPS) is 11.4. The number of fused-ring (bicyclic) bond motifs is 1. The van der Waals surface area contributed by atoms with E-state index in [-0.39, 0.29) is 17.1 Å². The third-order valence-electron chi connectivity index (χ3n) is 5.05. The number of imidazole rings is 1. The number of rotatable bonds is 8. The van der Waals surface area contributed by atoms with Crippen molar-refractivity contribution in [3.63, 3.8) is 0 Å². The molecule has 0 radical (unpaired) electrons. The van der Waals surface area contributed by atoms with Crippen LogP contribution in [-0.4, -0.2) is 47.6 Å². The first kappa shape index (κ1) is 22.2. The van der Waals surface area contributed by atoms with Gasteiger partial charge in [0.15, 0.2) is 11.5 Å². The molecule has 0 aliphatic rings. The molecule has 0 spiro atoms. The number of aromatic nitrogens is 4. The molecule has 0 unspecified atom stereocenters. The number of hydrogen-bond donors (Lipinski definition) is 1. The Bertz CT molecular complexity index is 1390. The van der Waals surface area contributed by atoms with Crippen LogP contribution in [0.3, 0.4) is 0 Å². The molecule has 0 aliphatic carbocycles. The summed E-state index contributed by atoms with van der Waals surface area (Å²) in [4.78, 5) is 24.8. The zero-order chi connectivity index (χ0) is 23.4. The van der Waals surface area contributed by atoms with Gasteiger partial charge < -0.3 is 15.0 Å². The van der Waals surface area contributed by atoms with Gasteiger partial charge in [0.1, 0.15) is 11.8 Å². The van der Waals surface area contributed by atoms with Crippen LogP contribution in [0.2, 0.25) is 0 Å². The second-order valence-electron chi connectivity index (χ2n) is 7.19. The fourth-order valence-corrected chi connectivity index (χ4v) is 4.51. The van der Waals surface area contributed by atoms with Gasteiger partial charge in [0.25, 0.3) is 10.0 Å². The zero-order valence-electron chi connectivity index (χ0n) is 17.8. The molecule has 2 aromatic carbocycles. The van der Waals surface area contributed by atoms with Gasteiger partial charge in [0, 0.05) is 13.6 Å². The van der Waals surface area contributed by atoms with E-state index in [1.54, 1.807) is 41.2 Å². The fraction of sp³-hybridized carbons (Fsp3) is 0.182. The second kappa shape index (κ2) is 9.25. The van der Waals surface area contributed by atoms with E-state index in [0.29, 0.717) is 35.6 Å². The third kappa shape index (κ3) is 4.62. The summed E-state index contributed by atoms with van der Waals surface area (Å²) < 4.78 is 34.3. The minimum atomic E-state index is -3.83. The van der Waals surface area contributed by atoms with Crippen molar-refractivity contribution >= 4 is 38.7 Å². The first-order valence-electron chi connectivity index (χ1n) is 10.1. The number of nitrogens with two attached hydrogens (primary N) is 1. The van der Waals surface area contributed by atoms with Crippen molar-refractivity contribution in [2.45, 2.75) is 17.9 Å². The number of nitrogen functional groups attached to an aromatic ring is 1. The van der Waals surface area contributed by atoms with E-state index >= 15 is 0 Å². The van der Waals surface area contributed by atoms with Crippen molar-refractivity contribution in [3.8, 4) is 0 Å². The maximum atomic E-state index is 13.0. The molecule has 0 amide bonds. The Morgan fingerprint density at radius 3 is 2.67 bits per heavy atom. The van der Waals surface area contributed by atoms with Gasteiger partial charge in [-0.15, -0.1) is 0 Å². The minimum Gasteiger partial charge on any atom is -0.462 e. The lowest BCUT2D eigenvalue weighted by molar-refractivity contribution is 0.0496. The predicted octanol–water partition coefficient (Wildman–Crippen LogP) is 2.48. The van der Waals surface area contributed by atoms with E-state index in [0.717, 1.165) is 0 Å². The first-order valence-corrected chi connectivity index (χ1v) is 11.5. The number of nitrogens with zero attached hydrogens (tertiary/aromatic N) is 5. The molecular weight excluding hydrogens is 444 g/mol. The van der Waals surface area contributed by atoms with E-state index in [1.165, 1.54) is 41.9 Å². The van der Waals surface area contributed by atoms with Gasteiger partial charge in [0.2, 0.25) is 0 Å². The molecule has 2 N–H and O–H groups in total. The number of anilines is 2. The van der Waals surface area contributed by atoms with Crippen molar-refractivity contribution in [3.05, 3.63) is 72.8 Å². The van der Waals surface area contributed by atoms with Crippen molar-refractivity contribution in [2.75, 3.05) is 23.7 Å². The van der Waals surface area contributed by atoms with Crippen LogP contribution in [0.4, 0.5) is 11.5 Å². The summed E-state index contributed by atoms with van der Waals surface area (Å²) in [5.74, 6) is -0.297. The lowest BCUT2D eigenvalue weighted by Crippen LogP contribution is -2.26. The van der Waals surface area contributed by atoms with Gasteiger partial charge in [-0.3, -0.25) is 4.31 Å². The van der Waals surface area contributed by atoms with Gasteiger partial charge >= 0.3 is 5.97 Å². The lowest BCUT2D eigenvalue weighted by atomic mass is 10.2. The monoisotopic (exact) mass is 466 g/mol. The molecule has 0 saturated carbocycles. The van der Waals surface area contributed by atoms with Gasteiger partial charge in [0.05, 0.1) is 29.1 Å². The Hall–Kier alpha value is -3.99. The zero-order valence-corrected chi connectivity index (χ0v) is 18.6. The molecule has 0 aliphatic heterocycles. The number of para-hydroxylation sites is 1. The molecule has 2 heterocycles. The van der Waals surface area contributed by atoms with Gasteiger partial charge in [-0.1, -0.05) is 24.3 Å². The number of esters is 1. The Morgan fingerprint density at radius 2 is 1.88 bits per heavy atom. The largest absolute Gasteiger partial charge is 0.462 e. The van der Waals surface area contributed by atoms with Crippen LogP contribution in [0.5, 0.6) is 0 Å². The molecular formula is C22H22N6O4S. The summed E-state index contributed by atoms with van der Waals surface area (Å²) in [6.07, 6.45) is 3.48. The number of carbonyl (C=O) groups is 1. The average Bonchev–Trinajstić information content (AvgIpc) is 3.26. The second-order valence-corrected chi connectivity index (χ2v) is 9.16. The number of sulfonamides is 1. The molecule has 33 heavy (non-hydrogen) atoms. The number of ether oxygens (including phenoxy) is 1. The molecule has 0 atom stereocenters. The summed E-state index contributed by atoms with van der Waals surface area (Å²) in [5.41, 5.74) is 7.58. The van der Waals surface area contributed by atoms with E-state index in [2.05, 4.69) is 15.0 Å². The van der Waals surface area contributed by atoms with Crippen molar-refractivity contribution in [1.29, 1.82) is 0 Å². The Balaban J connectivity index is 1.39. The molecule has 11 heteroatoms. The first-order chi connectivity index (χ1) is 15.9. The van der Waals surface area contributed by atoms with Gasteiger partial charge in [-0.25, -0.2) is 28.2 Å². The smallest absolute Gasteiger partial charge is 0.338 e. The van der Waals surface area contributed by atoms with Crippen LogP contribution >= 0.6 is 0 Å². The van der Waals surface area contributed by atoms with Crippen molar-refractivity contribution in [1.82, 2.24) is 19.5 Å². The molecule has 2 aromatic heterocycles. The van der Waals surface area contributed by atoms with Gasteiger partial charge in [-0.2, -0.15) is 0 Å². The third-order valence-corrected chi connectivity index (χ3v) is 6.84. The fourth-order valence-electron chi connectivity index (χ4n) is 3.26. The molecule has 170 valence electrons. The lowest BCUT2D eigenvalue weighted by Gasteiger charge is -2.19. The summed E-state index contributed by atoms with van der Waals surface area (Å²) >= 11 is 0. The number of hydrogen-bond acceptors (Lipinski definition) is 8. The van der Waals surface area contributed by atoms with Crippen molar-refractivity contribution < 1.29 is 17.9 Å². The maximum Gasteiger partial charge on any atom is 0.338 e. The van der Waals surface area contributed by atoms with E-state index in [9.17, 15) is 13.2 Å². The van der Waals surface area contributed by atoms with Crippen LogP contribution in [0.15, 0.2) is 72.1 Å². The van der Waals surface area contributed by atoms with Crippen molar-refractivity contribution in [2.24, 2.45) is 0 Å². The topological polar surface area (TPSA) is 133 Å². The van der Waals surface area contributed by atoms with E-state index < -0.39 is 16.0 Å². The highest BCUT2D eigenvalue weighted by Gasteiger charge is 2.22. The molecule has 0 saturated heterocycles. The highest BCUT2D eigenvalue weighted by Crippen LogP contribution is 2.22. The highest BCUT2D eigenvalue weighted by molar-refractivity contribution is 7.92. The Labute approximate surface area is 190 Å². The predicted molar refractivity (Wildman–Crippen MR) is 123 cm³/mol. The Kier molecular flexibility index (Phi) is 6.22. The summed E-state index contributed by atoms with van der Waals surface area (Å²) in [6.45, 7) is 0.649. The SMILES string of the molecule is CN(c1ccccc1)S(=O)(=O)c1cccc(C(=O)OCCCn2cnc3c(N)ncnc32)c1. The number of benzene rings is 2. The molecule has 4 rings (SSSR count). The average molecular weight is 467 g/mol. The highest BCUT2D eigenvalue weighted by atomic mass is 32.2. The van der Waals surface area contributed by atoms with E-state index in [1.807, 2.05) is 0 Å². The number of aryl methyl sites for hydroxylation is 1. The Morgan fingerprint density at radius 1 is 1.09 bits per heavy atom. The summed E-state index contributed by atoms with van der Waals surface area (Å²) in [5, 5.41) is 0. The van der Waals surface area contributed by atoms with Crippen LogP contribution in [0.1, 0.15) is 16.8 Å². The van der Waals surface area contributed by atoms with Crippen LogP contribution in [-0.2, 0) is 21.3 Å². The maximum absolute atomic E-state index is 13.0. The molecule has 10 nitrogen and oxygen atoms in total.